The molecular weight excluding hydrogens is 252 g/mol. The minimum Gasteiger partial charge on any atom is -0.459 e. The molecule has 20 heavy (non-hydrogen) atoms. The smallest absolute Gasteiger partial charge is 0.330 e. The van der Waals surface area contributed by atoms with E-state index in [1.807, 2.05) is 13.8 Å². The predicted molar refractivity (Wildman–Crippen MR) is 83.8 cm³/mol. The molecule has 0 spiro atoms. The molecule has 0 aromatic carbocycles. The second-order valence-corrected chi connectivity index (χ2v) is 5.24. The molecule has 0 rings (SSSR count). The zero-order chi connectivity index (χ0) is 15.3. The predicted octanol–water partition coefficient (Wildman–Crippen LogP) is 4.65. The lowest BCUT2D eigenvalue weighted by Crippen LogP contribution is -2.38. The van der Waals surface area contributed by atoms with Crippen LogP contribution in [-0.2, 0) is 14.3 Å². The number of allylic oxidation sites excluding steroid dienone is 1. The Morgan fingerprint density at radius 2 is 1.80 bits per heavy atom. The molecule has 0 saturated carbocycles. The normalized spacial score (nSPS) is 14.4. The average Bonchev–Trinajstić information content (AvgIpc) is 2.45. The van der Waals surface area contributed by atoms with Crippen LogP contribution in [0.25, 0.3) is 0 Å². The van der Waals surface area contributed by atoms with Gasteiger partial charge in [-0.3, -0.25) is 0 Å². The number of unbranched alkanes of at least 4 members (excludes halogenated alkanes) is 4. The molecular formula is C17H32O3. The second kappa shape index (κ2) is 12.0. The molecule has 0 saturated heterocycles. The van der Waals surface area contributed by atoms with E-state index in [1.54, 1.807) is 6.08 Å². The molecule has 0 aliphatic heterocycles. The van der Waals surface area contributed by atoms with Crippen molar-refractivity contribution in [2.75, 3.05) is 13.2 Å². The highest BCUT2D eigenvalue weighted by atomic mass is 16.6. The van der Waals surface area contributed by atoms with Gasteiger partial charge in [0.1, 0.15) is 12.2 Å². The van der Waals surface area contributed by atoms with Crippen LogP contribution in [0.1, 0.15) is 72.6 Å². The van der Waals surface area contributed by atoms with E-state index in [9.17, 15) is 4.79 Å². The van der Waals surface area contributed by atoms with E-state index in [2.05, 4.69) is 13.8 Å². The monoisotopic (exact) mass is 284 g/mol. The molecule has 0 bridgehead atoms. The molecule has 3 nitrogen and oxygen atoms in total. The Labute approximate surface area is 124 Å². The van der Waals surface area contributed by atoms with Crippen LogP contribution in [0, 0.1) is 0 Å². The second-order valence-electron chi connectivity index (χ2n) is 5.24. The van der Waals surface area contributed by atoms with Crippen LogP contribution in [0.5, 0.6) is 0 Å². The van der Waals surface area contributed by atoms with E-state index < -0.39 is 0 Å². The fraction of sp³-hybridized carbons (Fsp3) is 0.824. The van der Waals surface area contributed by atoms with Crippen LogP contribution < -0.4 is 0 Å². The van der Waals surface area contributed by atoms with Gasteiger partial charge >= 0.3 is 5.97 Å². The summed E-state index contributed by atoms with van der Waals surface area (Å²) in [6, 6.07) is 0. The van der Waals surface area contributed by atoms with Crippen molar-refractivity contribution >= 4 is 5.97 Å². The van der Waals surface area contributed by atoms with Gasteiger partial charge in [-0.1, -0.05) is 52.0 Å². The molecule has 118 valence electrons. The van der Waals surface area contributed by atoms with E-state index >= 15 is 0 Å². The summed E-state index contributed by atoms with van der Waals surface area (Å²) in [6.45, 7) is 9.14. The third kappa shape index (κ3) is 8.36. The number of hydrogen-bond acceptors (Lipinski definition) is 3. The van der Waals surface area contributed by atoms with Gasteiger partial charge in [-0.25, -0.2) is 4.79 Å². The summed E-state index contributed by atoms with van der Waals surface area (Å²) in [5.74, 6) is -0.281. The van der Waals surface area contributed by atoms with Crippen LogP contribution >= 0.6 is 0 Å². The molecule has 0 aromatic rings. The van der Waals surface area contributed by atoms with E-state index in [0.717, 1.165) is 19.3 Å². The lowest BCUT2D eigenvalue weighted by atomic mass is 9.93. The van der Waals surface area contributed by atoms with Gasteiger partial charge in [-0.15, -0.1) is 0 Å². The number of carbonyl (C=O) groups is 1. The Bertz CT molecular complexity index is 273. The maximum Gasteiger partial charge on any atom is 0.330 e. The molecule has 1 unspecified atom stereocenters. The Balaban J connectivity index is 4.29. The molecule has 0 radical (unpaired) electrons. The Kier molecular flexibility index (Phi) is 11.5. The summed E-state index contributed by atoms with van der Waals surface area (Å²) in [7, 11) is 0. The topological polar surface area (TPSA) is 35.5 Å². The number of rotatable bonds is 12. The fourth-order valence-electron chi connectivity index (χ4n) is 2.31. The first-order valence-corrected chi connectivity index (χ1v) is 8.07. The van der Waals surface area contributed by atoms with Crippen molar-refractivity contribution in [3.8, 4) is 0 Å². The number of hydrogen-bond donors (Lipinski definition) is 0. The highest BCUT2D eigenvalue weighted by Crippen LogP contribution is 2.25. The van der Waals surface area contributed by atoms with Crippen molar-refractivity contribution in [2.45, 2.75) is 78.2 Å². The zero-order valence-electron chi connectivity index (χ0n) is 13.7. The Morgan fingerprint density at radius 1 is 1.10 bits per heavy atom. The van der Waals surface area contributed by atoms with Gasteiger partial charge < -0.3 is 9.47 Å². The van der Waals surface area contributed by atoms with E-state index in [4.69, 9.17) is 9.47 Å². The first-order valence-electron chi connectivity index (χ1n) is 8.07. The Morgan fingerprint density at radius 3 is 2.35 bits per heavy atom. The van der Waals surface area contributed by atoms with Gasteiger partial charge in [0.2, 0.25) is 0 Å². The highest BCUT2D eigenvalue weighted by molar-refractivity contribution is 5.81. The van der Waals surface area contributed by atoms with Crippen LogP contribution in [0.15, 0.2) is 12.2 Å². The molecule has 0 N–H and O–H groups in total. The lowest BCUT2D eigenvalue weighted by Gasteiger charge is -2.32. The van der Waals surface area contributed by atoms with Crippen LogP contribution in [-0.4, -0.2) is 24.8 Å². The van der Waals surface area contributed by atoms with Gasteiger partial charge in [0, 0.05) is 12.7 Å². The first-order chi connectivity index (χ1) is 9.64. The summed E-state index contributed by atoms with van der Waals surface area (Å²) in [5.41, 5.74) is -0.307. The summed E-state index contributed by atoms with van der Waals surface area (Å²) >= 11 is 0. The van der Waals surface area contributed by atoms with E-state index in [1.165, 1.54) is 31.8 Å². The third-order valence-electron chi connectivity index (χ3n) is 3.61. The largest absolute Gasteiger partial charge is 0.459 e. The minimum atomic E-state index is -0.307. The molecule has 0 amide bonds. The van der Waals surface area contributed by atoms with Gasteiger partial charge in [0.25, 0.3) is 0 Å². The minimum absolute atomic E-state index is 0.281. The van der Waals surface area contributed by atoms with Gasteiger partial charge in [-0.05, 0) is 26.7 Å². The molecule has 3 heteroatoms. The lowest BCUT2D eigenvalue weighted by molar-refractivity contribution is -0.151. The van der Waals surface area contributed by atoms with Crippen LogP contribution in [0.3, 0.4) is 0 Å². The van der Waals surface area contributed by atoms with Crippen molar-refractivity contribution in [1.82, 2.24) is 0 Å². The van der Waals surface area contributed by atoms with Crippen molar-refractivity contribution in [3.05, 3.63) is 12.2 Å². The molecule has 0 aliphatic carbocycles. The molecule has 1 atom stereocenters. The van der Waals surface area contributed by atoms with Crippen LogP contribution in [0.2, 0.25) is 0 Å². The first kappa shape index (κ1) is 19.2. The highest BCUT2D eigenvalue weighted by Gasteiger charge is 2.29. The Hall–Kier alpha value is -0.830. The van der Waals surface area contributed by atoms with Gasteiger partial charge in [0.05, 0.1) is 0 Å². The molecule has 0 aliphatic rings. The SMILES string of the molecule is CC=CC(=O)OCC(CC)(CCCCCCC)OCC. The van der Waals surface area contributed by atoms with Crippen molar-refractivity contribution < 1.29 is 14.3 Å². The van der Waals surface area contributed by atoms with Crippen molar-refractivity contribution in [1.29, 1.82) is 0 Å². The fourth-order valence-corrected chi connectivity index (χ4v) is 2.31. The van der Waals surface area contributed by atoms with Crippen molar-refractivity contribution in [3.63, 3.8) is 0 Å². The van der Waals surface area contributed by atoms with Crippen molar-refractivity contribution in [2.24, 2.45) is 0 Å². The van der Waals surface area contributed by atoms with Gasteiger partial charge in [-0.2, -0.15) is 0 Å². The standard InChI is InChI=1S/C17H32O3/c1-5-9-10-11-12-14-17(7-3,20-8-4)15-19-16(18)13-6-2/h6,13H,5,7-12,14-15H2,1-4H3. The number of carbonyl (C=O) groups excluding carboxylic acids is 1. The number of ether oxygens (including phenoxy) is 2. The summed E-state index contributed by atoms with van der Waals surface area (Å²) in [6.07, 6.45) is 11.2. The molecule has 0 fully saturated rings. The quantitative estimate of drug-likeness (QED) is 0.297. The van der Waals surface area contributed by atoms with E-state index in [-0.39, 0.29) is 11.6 Å². The van der Waals surface area contributed by atoms with Crippen LogP contribution in [0.4, 0.5) is 0 Å². The average molecular weight is 284 g/mol. The molecule has 0 heterocycles. The summed E-state index contributed by atoms with van der Waals surface area (Å²) in [4.78, 5) is 11.5. The van der Waals surface area contributed by atoms with Gasteiger partial charge in [0.15, 0.2) is 0 Å². The third-order valence-corrected chi connectivity index (χ3v) is 3.61. The summed E-state index contributed by atoms with van der Waals surface area (Å²) < 4.78 is 11.2. The summed E-state index contributed by atoms with van der Waals surface area (Å²) in [5, 5.41) is 0. The molecule has 0 aromatic heterocycles. The van der Waals surface area contributed by atoms with E-state index in [0.29, 0.717) is 13.2 Å². The number of esters is 1. The zero-order valence-corrected chi connectivity index (χ0v) is 13.7. The maximum atomic E-state index is 11.5. The maximum absolute atomic E-state index is 11.5.